The lowest BCUT2D eigenvalue weighted by atomic mass is 10.2. The van der Waals surface area contributed by atoms with E-state index in [1.165, 1.54) is 0 Å². The van der Waals surface area contributed by atoms with Crippen molar-refractivity contribution in [3.05, 3.63) is 23.0 Å². The lowest BCUT2D eigenvalue weighted by Gasteiger charge is -1.99. The Morgan fingerprint density at radius 3 is 3.08 bits per heavy atom. The fourth-order valence-electron chi connectivity index (χ4n) is 1.28. The summed E-state index contributed by atoms with van der Waals surface area (Å²) in [6.07, 6.45) is 1.67. The molecule has 0 aromatic carbocycles. The molecular formula is C8H8ClN3O. The zero-order chi connectivity index (χ0) is 9.42. The van der Waals surface area contributed by atoms with Crippen LogP contribution in [0, 0.1) is 0 Å². The number of halogens is 1. The number of aliphatic hydroxyl groups excluding tert-OH is 1. The van der Waals surface area contributed by atoms with Crippen molar-refractivity contribution in [1.29, 1.82) is 0 Å². The van der Waals surface area contributed by atoms with Crippen molar-refractivity contribution in [2.75, 3.05) is 0 Å². The molecule has 2 aromatic heterocycles. The summed E-state index contributed by atoms with van der Waals surface area (Å²) in [5.41, 5.74) is 1.44. The summed E-state index contributed by atoms with van der Waals surface area (Å²) in [6, 6.07) is 1.64. The Morgan fingerprint density at radius 1 is 1.62 bits per heavy atom. The minimum Gasteiger partial charge on any atom is -0.392 e. The Balaban J connectivity index is 2.84. The van der Waals surface area contributed by atoms with Gasteiger partial charge < -0.3 is 5.11 Å². The van der Waals surface area contributed by atoms with Gasteiger partial charge in [-0.1, -0.05) is 11.6 Å². The lowest BCUT2D eigenvalue weighted by molar-refractivity contribution is 0.283. The van der Waals surface area contributed by atoms with E-state index >= 15 is 0 Å². The second kappa shape index (κ2) is 2.97. The molecule has 68 valence electrons. The maximum atomic E-state index is 9.05. The van der Waals surface area contributed by atoms with Crippen LogP contribution in [-0.4, -0.2) is 19.9 Å². The van der Waals surface area contributed by atoms with Crippen molar-refractivity contribution in [2.45, 2.75) is 6.61 Å². The van der Waals surface area contributed by atoms with Gasteiger partial charge in [-0.3, -0.25) is 4.68 Å². The number of hydrogen-bond acceptors (Lipinski definition) is 3. The van der Waals surface area contributed by atoms with Gasteiger partial charge in [0.25, 0.3) is 0 Å². The van der Waals surface area contributed by atoms with Crippen LogP contribution >= 0.6 is 11.6 Å². The molecule has 0 aliphatic rings. The van der Waals surface area contributed by atoms with Gasteiger partial charge in [-0.15, -0.1) is 0 Å². The summed E-state index contributed by atoms with van der Waals surface area (Å²) < 4.78 is 1.63. The number of rotatable bonds is 1. The van der Waals surface area contributed by atoms with E-state index in [9.17, 15) is 0 Å². The van der Waals surface area contributed by atoms with Crippen LogP contribution in [0.4, 0.5) is 0 Å². The third-order valence-corrected chi connectivity index (χ3v) is 2.12. The van der Waals surface area contributed by atoms with E-state index in [0.29, 0.717) is 10.8 Å². The first-order valence-corrected chi connectivity index (χ1v) is 4.18. The molecule has 0 bridgehead atoms. The summed E-state index contributed by atoms with van der Waals surface area (Å²) in [5, 5.41) is 14.3. The minimum absolute atomic E-state index is 0.0512. The predicted molar refractivity (Wildman–Crippen MR) is 49.4 cm³/mol. The molecule has 0 aliphatic heterocycles. The minimum atomic E-state index is -0.0512. The monoisotopic (exact) mass is 197 g/mol. The van der Waals surface area contributed by atoms with Crippen LogP contribution in [0.3, 0.4) is 0 Å². The normalized spacial score (nSPS) is 11.0. The van der Waals surface area contributed by atoms with Crippen molar-refractivity contribution in [2.24, 2.45) is 7.05 Å². The van der Waals surface area contributed by atoms with E-state index < -0.39 is 0 Å². The molecule has 0 fully saturated rings. The van der Waals surface area contributed by atoms with Gasteiger partial charge in [0.15, 0.2) is 5.65 Å². The van der Waals surface area contributed by atoms with Crippen LogP contribution in [0.5, 0.6) is 0 Å². The molecule has 0 radical (unpaired) electrons. The summed E-state index contributed by atoms with van der Waals surface area (Å²) in [7, 11) is 1.78. The van der Waals surface area contributed by atoms with Crippen molar-refractivity contribution in [3.63, 3.8) is 0 Å². The molecule has 1 N–H and O–H groups in total. The zero-order valence-electron chi connectivity index (χ0n) is 7.03. The molecule has 0 saturated carbocycles. The largest absolute Gasteiger partial charge is 0.392 e. The highest BCUT2D eigenvalue weighted by Gasteiger charge is 2.07. The molecule has 0 spiro atoms. The lowest BCUT2D eigenvalue weighted by Crippen LogP contribution is -1.93. The number of nitrogens with zero attached hydrogens (tertiary/aromatic N) is 3. The molecule has 2 heterocycles. The second-order valence-corrected chi connectivity index (χ2v) is 3.15. The van der Waals surface area contributed by atoms with Crippen LogP contribution in [0.2, 0.25) is 5.15 Å². The first-order chi connectivity index (χ1) is 6.22. The molecule has 0 aliphatic carbocycles. The van der Waals surface area contributed by atoms with Gasteiger partial charge in [-0.25, -0.2) is 4.98 Å². The number of aryl methyl sites for hydroxylation is 1. The van der Waals surface area contributed by atoms with Crippen LogP contribution in [-0.2, 0) is 13.7 Å². The summed E-state index contributed by atoms with van der Waals surface area (Å²) >= 11 is 5.77. The standard InChI is InChI=1S/C8H8ClN3O/c1-12-8-6(3-10-12)5(4-13)2-7(9)11-8/h2-3,13H,4H2,1H3. The topological polar surface area (TPSA) is 50.9 Å². The third kappa shape index (κ3) is 1.28. The van der Waals surface area contributed by atoms with E-state index in [0.717, 1.165) is 10.9 Å². The fraction of sp³-hybridized carbons (Fsp3) is 0.250. The van der Waals surface area contributed by atoms with Crippen LogP contribution in [0.25, 0.3) is 11.0 Å². The molecule has 0 unspecified atom stereocenters. The van der Waals surface area contributed by atoms with E-state index in [4.69, 9.17) is 16.7 Å². The summed E-state index contributed by atoms with van der Waals surface area (Å²) in [6.45, 7) is -0.0512. The molecule has 0 atom stereocenters. The molecule has 2 aromatic rings. The van der Waals surface area contributed by atoms with Gasteiger partial charge in [0.05, 0.1) is 12.8 Å². The van der Waals surface area contributed by atoms with Crippen LogP contribution < -0.4 is 0 Å². The number of aliphatic hydroxyl groups is 1. The second-order valence-electron chi connectivity index (χ2n) is 2.77. The van der Waals surface area contributed by atoms with Gasteiger partial charge in [-0.05, 0) is 11.6 Å². The fourth-order valence-corrected chi connectivity index (χ4v) is 1.49. The number of pyridine rings is 1. The maximum absolute atomic E-state index is 9.05. The van der Waals surface area contributed by atoms with E-state index in [1.807, 2.05) is 0 Å². The van der Waals surface area contributed by atoms with Crippen molar-refractivity contribution in [3.8, 4) is 0 Å². The van der Waals surface area contributed by atoms with E-state index in [1.54, 1.807) is 24.0 Å². The first kappa shape index (κ1) is 8.47. The van der Waals surface area contributed by atoms with Gasteiger partial charge in [0.1, 0.15) is 5.15 Å². The van der Waals surface area contributed by atoms with Gasteiger partial charge in [0, 0.05) is 12.4 Å². The van der Waals surface area contributed by atoms with Gasteiger partial charge in [0.2, 0.25) is 0 Å². The zero-order valence-corrected chi connectivity index (χ0v) is 7.78. The highest BCUT2D eigenvalue weighted by Crippen LogP contribution is 2.19. The Morgan fingerprint density at radius 2 is 2.38 bits per heavy atom. The SMILES string of the molecule is Cn1ncc2c(CO)cc(Cl)nc21. The van der Waals surface area contributed by atoms with Crippen molar-refractivity contribution in [1.82, 2.24) is 14.8 Å². The highest BCUT2D eigenvalue weighted by atomic mass is 35.5. The van der Waals surface area contributed by atoms with Crippen LogP contribution in [0.1, 0.15) is 5.56 Å². The number of fused-ring (bicyclic) bond motifs is 1. The molecule has 5 heteroatoms. The molecule has 0 saturated heterocycles. The predicted octanol–water partition coefficient (Wildman–Crippen LogP) is 1.11. The average molecular weight is 198 g/mol. The van der Waals surface area contributed by atoms with E-state index in [2.05, 4.69) is 10.1 Å². The van der Waals surface area contributed by atoms with Gasteiger partial charge in [-0.2, -0.15) is 5.10 Å². The average Bonchev–Trinajstić information content (AvgIpc) is 2.47. The summed E-state index contributed by atoms with van der Waals surface area (Å²) in [5.74, 6) is 0. The highest BCUT2D eigenvalue weighted by molar-refractivity contribution is 6.29. The number of hydrogen-bond donors (Lipinski definition) is 1. The summed E-state index contributed by atoms with van der Waals surface area (Å²) in [4.78, 5) is 4.10. The molecule has 2 rings (SSSR count). The van der Waals surface area contributed by atoms with Crippen LogP contribution in [0.15, 0.2) is 12.3 Å². The molecule has 13 heavy (non-hydrogen) atoms. The van der Waals surface area contributed by atoms with Crippen molar-refractivity contribution < 1.29 is 5.11 Å². The molecule has 0 amide bonds. The molecular weight excluding hydrogens is 190 g/mol. The molecule has 4 nitrogen and oxygen atoms in total. The van der Waals surface area contributed by atoms with E-state index in [-0.39, 0.29) is 6.61 Å². The Bertz CT molecular complexity index is 452. The Kier molecular flexibility index (Phi) is 1.94. The number of aromatic nitrogens is 3. The van der Waals surface area contributed by atoms with Crippen molar-refractivity contribution >= 4 is 22.6 Å². The Hall–Kier alpha value is -1.13. The van der Waals surface area contributed by atoms with Gasteiger partial charge >= 0.3 is 0 Å². The first-order valence-electron chi connectivity index (χ1n) is 3.80. The maximum Gasteiger partial charge on any atom is 0.159 e. The third-order valence-electron chi connectivity index (χ3n) is 1.93. The quantitative estimate of drug-likeness (QED) is 0.697. The smallest absolute Gasteiger partial charge is 0.159 e. The Labute approximate surface area is 79.8 Å².